The van der Waals surface area contributed by atoms with Crippen LogP contribution in [0.2, 0.25) is 5.02 Å². The molecule has 1 amide bonds. The monoisotopic (exact) mass is 466 g/mol. The third-order valence-corrected chi connectivity index (χ3v) is 7.22. The largest absolute Gasteiger partial charge is 0.462 e. The third kappa shape index (κ3) is 6.00. The number of carbonyl (C=O) groups excluding carboxylic acids is 2. The molecular formula is C22H27ClN2O3S2. The van der Waals surface area contributed by atoms with Gasteiger partial charge in [0.05, 0.1) is 12.2 Å². The van der Waals surface area contributed by atoms with Gasteiger partial charge in [-0.15, -0.1) is 23.1 Å². The van der Waals surface area contributed by atoms with E-state index in [0.29, 0.717) is 34.4 Å². The van der Waals surface area contributed by atoms with Gasteiger partial charge in [0.2, 0.25) is 5.91 Å². The number of carbonyl (C=O) groups is 2. The number of halogens is 1. The van der Waals surface area contributed by atoms with Gasteiger partial charge in [-0.1, -0.05) is 18.5 Å². The van der Waals surface area contributed by atoms with E-state index in [1.165, 1.54) is 11.3 Å². The first kappa shape index (κ1) is 23.1. The van der Waals surface area contributed by atoms with Gasteiger partial charge < -0.3 is 10.1 Å². The summed E-state index contributed by atoms with van der Waals surface area (Å²) in [6.07, 6.45) is 2.27. The maximum absolute atomic E-state index is 12.6. The van der Waals surface area contributed by atoms with Gasteiger partial charge in [-0.25, -0.2) is 4.79 Å². The highest BCUT2D eigenvalue weighted by atomic mass is 35.5. The molecule has 5 nitrogen and oxygen atoms in total. The number of ether oxygens (including phenoxy) is 1. The molecule has 0 bridgehead atoms. The van der Waals surface area contributed by atoms with E-state index in [1.807, 2.05) is 24.3 Å². The number of benzene rings is 1. The second kappa shape index (κ2) is 11.2. The summed E-state index contributed by atoms with van der Waals surface area (Å²) in [5.41, 5.74) is 1.59. The molecule has 1 aliphatic rings. The van der Waals surface area contributed by atoms with Crippen molar-refractivity contribution in [3.05, 3.63) is 45.3 Å². The van der Waals surface area contributed by atoms with Gasteiger partial charge >= 0.3 is 5.97 Å². The smallest absolute Gasteiger partial charge is 0.341 e. The predicted octanol–water partition coefficient (Wildman–Crippen LogP) is 5.47. The second-order valence-corrected chi connectivity index (χ2v) is 9.77. The van der Waals surface area contributed by atoms with E-state index in [1.54, 1.807) is 18.7 Å². The molecule has 2 heterocycles. The number of amides is 1. The molecule has 0 aliphatic carbocycles. The number of thiophene rings is 1. The van der Waals surface area contributed by atoms with Gasteiger partial charge in [-0.3, -0.25) is 9.69 Å². The lowest BCUT2D eigenvalue weighted by molar-refractivity contribution is -0.115. The van der Waals surface area contributed by atoms with E-state index in [2.05, 4.69) is 17.1 Å². The Balaban J connectivity index is 1.67. The zero-order valence-electron chi connectivity index (χ0n) is 17.3. The Kier molecular flexibility index (Phi) is 8.62. The van der Waals surface area contributed by atoms with Crippen molar-refractivity contribution < 1.29 is 14.3 Å². The minimum atomic E-state index is -0.343. The molecule has 0 fully saturated rings. The van der Waals surface area contributed by atoms with Crippen LogP contribution in [-0.4, -0.2) is 42.2 Å². The Morgan fingerprint density at radius 3 is 2.73 bits per heavy atom. The molecule has 0 radical (unpaired) electrons. The molecule has 30 heavy (non-hydrogen) atoms. The lowest BCUT2D eigenvalue weighted by Crippen LogP contribution is -2.30. The lowest BCUT2D eigenvalue weighted by Gasteiger charge is -2.26. The summed E-state index contributed by atoms with van der Waals surface area (Å²) in [5.74, 6) is 0.216. The number of nitrogens with zero attached hydrogens (tertiary/aromatic N) is 1. The van der Waals surface area contributed by atoms with Crippen molar-refractivity contribution in [3.8, 4) is 0 Å². The lowest BCUT2D eigenvalue weighted by atomic mass is 10.0. The van der Waals surface area contributed by atoms with E-state index in [0.717, 1.165) is 47.8 Å². The molecule has 1 aromatic carbocycles. The van der Waals surface area contributed by atoms with Crippen molar-refractivity contribution in [3.63, 3.8) is 0 Å². The molecule has 3 rings (SSSR count). The number of esters is 1. The van der Waals surface area contributed by atoms with Crippen LogP contribution >= 0.6 is 34.7 Å². The summed E-state index contributed by atoms with van der Waals surface area (Å²) in [5, 5.41) is 4.30. The highest BCUT2D eigenvalue weighted by Crippen LogP contribution is 2.38. The van der Waals surface area contributed by atoms with Crippen LogP contribution in [0.15, 0.2) is 29.2 Å². The molecule has 2 aromatic rings. The fraction of sp³-hybridized carbons (Fsp3) is 0.455. The van der Waals surface area contributed by atoms with Gasteiger partial charge in [0.1, 0.15) is 5.00 Å². The molecule has 162 valence electrons. The van der Waals surface area contributed by atoms with Crippen LogP contribution in [0.5, 0.6) is 0 Å². The molecule has 8 heteroatoms. The second-order valence-electron chi connectivity index (χ2n) is 7.06. The Morgan fingerprint density at radius 2 is 2.03 bits per heavy atom. The first-order chi connectivity index (χ1) is 14.5. The van der Waals surface area contributed by atoms with Crippen molar-refractivity contribution in [2.75, 3.05) is 30.8 Å². The van der Waals surface area contributed by atoms with Crippen molar-refractivity contribution in [1.82, 2.24) is 4.90 Å². The van der Waals surface area contributed by atoms with Crippen molar-refractivity contribution in [2.24, 2.45) is 0 Å². The van der Waals surface area contributed by atoms with Crippen LogP contribution in [0.3, 0.4) is 0 Å². The Hall–Kier alpha value is -1.54. The highest BCUT2D eigenvalue weighted by molar-refractivity contribution is 7.99. The van der Waals surface area contributed by atoms with Crippen molar-refractivity contribution >= 4 is 51.6 Å². The molecular weight excluding hydrogens is 440 g/mol. The normalized spacial score (nSPS) is 13.7. The quantitative estimate of drug-likeness (QED) is 0.392. The van der Waals surface area contributed by atoms with E-state index in [9.17, 15) is 9.59 Å². The van der Waals surface area contributed by atoms with Crippen LogP contribution in [0.4, 0.5) is 5.00 Å². The molecule has 0 unspecified atom stereocenters. The predicted molar refractivity (Wildman–Crippen MR) is 125 cm³/mol. The third-order valence-electron chi connectivity index (χ3n) is 4.82. The topological polar surface area (TPSA) is 58.6 Å². The first-order valence-electron chi connectivity index (χ1n) is 10.2. The van der Waals surface area contributed by atoms with E-state index >= 15 is 0 Å². The Morgan fingerprint density at radius 1 is 1.27 bits per heavy atom. The maximum atomic E-state index is 12.6. The minimum absolute atomic E-state index is 0.0916. The van der Waals surface area contributed by atoms with Crippen LogP contribution in [-0.2, 0) is 22.5 Å². The molecule has 0 atom stereocenters. The number of hydrogen-bond acceptors (Lipinski definition) is 6. The number of rotatable bonds is 9. The summed E-state index contributed by atoms with van der Waals surface area (Å²) < 4.78 is 5.29. The SMILES string of the molecule is CCCN1CCc2c(sc(NC(=O)CCSc3ccc(Cl)cc3)c2C(=O)OCC)C1. The fourth-order valence-electron chi connectivity index (χ4n) is 3.45. The van der Waals surface area contributed by atoms with Gasteiger partial charge in [-0.2, -0.15) is 0 Å². The average molecular weight is 467 g/mol. The van der Waals surface area contributed by atoms with Gasteiger partial charge in [0.25, 0.3) is 0 Å². The molecule has 1 aliphatic heterocycles. The zero-order chi connectivity index (χ0) is 21.5. The minimum Gasteiger partial charge on any atom is -0.462 e. The number of fused-ring (bicyclic) bond motifs is 1. The number of anilines is 1. The van der Waals surface area contributed by atoms with Gasteiger partial charge in [0, 0.05) is 40.1 Å². The molecule has 0 saturated carbocycles. The fourth-order valence-corrected chi connectivity index (χ4v) is 5.72. The molecule has 1 aromatic heterocycles. The summed E-state index contributed by atoms with van der Waals surface area (Å²) in [6.45, 7) is 7.07. The number of thioether (sulfide) groups is 1. The van der Waals surface area contributed by atoms with Crippen LogP contribution in [0.1, 0.15) is 47.5 Å². The van der Waals surface area contributed by atoms with Crippen molar-refractivity contribution in [2.45, 2.75) is 44.6 Å². The molecule has 1 N–H and O–H groups in total. The number of hydrogen-bond donors (Lipinski definition) is 1. The summed E-state index contributed by atoms with van der Waals surface area (Å²) in [7, 11) is 0. The Bertz CT molecular complexity index is 883. The van der Waals surface area contributed by atoms with E-state index in [-0.39, 0.29) is 11.9 Å². The van der Waals surface area contributed by atoms with E-state index < -0.39 is 0 Å². The van der Waals surface area contributed by atoms with Gasteiger partial charge in [0.15, 0.2) is 0 Å². The maximum Gasteiger partial charge on any atom is 0.341 e. The van der Waals surface area contributed by atoms with Crippen LogP contribution in [0, 0.1) is 0 Å². The van der Waals surface area contributed by atoms with Crippen molar-refractivity contribution in [1.29, 1.82) is 0 Å². The average Bonchev–Trinajstić information content (AvgIpc) is 3.07. The first-order valence-corrected chi connectivity index (χ1v) is 12.4. The van der Waals surface area contributed by atoms with Crippen LogP contribution < -0.4 is 5.32 Å². The summed E-state index contributed by atoms with van der Waals surface area (Å²) in [6, 6.07) is 7.57. The molecule has 0 saturated heterocycles. The molecule has 0 spiro atoms. The number of nitrogens with one attached hydrogen (secondary N) is 1. The standard InChI is InChI=1S/C22H27ClN2O3S2/c1-3-11-25-12-9-17-18(14-25)30-21(20(17)22(27)28-4-2)24-19(26)10-13-29-16-7-5-15(23)6-8-16/h5-8H,3-4,9-14H2,1-2H3,(H,24,26). The van der Waals surface area contributed by atoms with Crippen LogP contribution in [0.25, 0.3) is 0 Å². The highest BCUT2D eigenvalue weighted by Gasteiger charge is 2.29. The summed E-state index contributed by atoms with van der Waals surface area (Å²) >= 11 is 9.02. The van der Waals surface area contributed by atoms with Gasteiger partial charge in [-0.05, 0) is 56.1 Å². The summed E-state index contributed by atoms with van der Waals surface area (Å²) in [4.78, 5) is 29.8. The van der Waals surface area contributed by atoms with E-state index in [4.69, 9.17) is 16.3 Å². The zero-order valence-corrected chi connectivity index (χ0v) is 19.7. The Labute approximate surface area is 191 Å².